The average Bonchev–Trinajstić information content (AvgIpc) is 1.61. The number of rotatable bonds is 3. The van der Waals surface area contributed by atoms with Crippen LogP contribution in [0.25, 0.3) is 5.32 Å². The van der Waals surface area contributed by atoms with Crippen molar-refractivity contribution < 1.29 is 29.6 Å². The number of hydrogen-bond donors (Lipinski definition) is 0. The molecule has 0 aromatic rings. The molecular weight excluding hydrogens is 109 g/mol. The summed E-state index contributed by atoms with van der Waals surface area (Å²) in [4.78, 5) is 0. The summed E-state index contributed by atoms with van der Waals surface area (Å²) in [5, 5.41) is 4.24. The number of nitrogens with zero attached hydrogens (tertiary/aromatic N) is 1. The summed E-state index contributed by atoms with van der Waals surface area (Å²) >= 11 is 0. The topological polar surface area (TPSA) is 14.1 Å². The minimum Gasteiger partial charge on any atom is -0.660 e. The second kappa shape index (κ2) is 7.96. The Hall–Kier alpha value is 0.960. The van der Waals surface area contributed by atoms with Crippen LogP contribution in [-0.4, -0.2) is 12.6 Å². The van der Waals surface area contributed by atoms with E-state index in [1.54, 1.807) is 0 Å². The van der Waals surface area contributed by atoms with E-state index in [1.165, 1.54) is 6.42 Å². The molecule has 0 saturated carbocycles. The Morgan fingerprint density at radius 2 is 1.88 bits per heavy atom. The first kappa shape index (κ1) is 11.7. The van der Waals surface area contributed by atoms with Crippen molar-refractivity contribution in [3.8, 4) is 0 Å². The van der Waals surface area contributed by atoms with Gasteiger partial charge in [-0.2, -0.15) is 0 Å². The summed E-state index contributed by atoms with van der Waals surface area (Å²) in [6, 6.07) is 0.528. The molecule has 1 nitrogen and oxygen atoms in total. The molecule has 0 fully saturated rings. The zero-order valence-electron chi connectivity index (χ0n) is 6.44. The molecule has 0 saturated heterocycles. The molecule has 0 unspecified atom stereocenters. The summed E-state index contributed by atoms with van der Waals surface area (Å²) in [5.74, 6) is 0. The third-order valence-corrected chi connectivity index (χ3v) is 0.718. The molecule has 0 atom stereocenters. The maximum absolute atomic E-state index is 4.24. The van der Waals surface area contributed by atoms with Crippen molar-refractivity contribution >= 4 is 0 Å². The fourth-order valence-electron chi connectivity index (χ4n) is 0.387. The molecule has 0 radical (unpaired) electrons. The van der Waals surface area contributed by atoms with Gasteiger partial charge in [-0.1, -0.05) is 27.2 Å². The standard InChI is InChI=1S/C6H14N.Na/c1-4-5-7-6(2)3;/h6H,4-5H2,1-3H3;/q-1;+1. The molecule has 2 heteroatoms. The van der Waals surface area contributed by atoms with Gasteiger partial charge in [0.2, 0.25) is 0 Å². The zero-order valence-corrected chi connectivity index (χ0v) is 8.44. The molecule has 44 valence electrons. The van der Waals surface area contributed by atoms with Gasteiger partial charge >= 0.3 is 29.6 Å². The van der Waals surface area contributed by atoms with Gasteiger partial charge in [0, 0.05) is 0 Å². The molecular formula is C6H14NNa. The van der Waals surface area contributed by atoms with E-state index in [0.717, 1.165) is 6.54 Å². The molecule has 8 heavy (non-hydrogen) atoms. The number of hydrogen-bond acceptors (Lipinski definition) is 0. The SMILES string of the molecule is CCC[N-]C(C)C.[Na+]. The van der Waals surface area contributed by atoms with Crippen molar-refractivity contribution in [1.29, 1.82) is 0 Å². The first-order valence-corrected chi connectivity index (χ1v) is 2.94. The van der Waals surface area contributed by atoms with Gasteiger partial charge in [0.15, 0.2) is 0 Å². The van der Waals surface area contributed by atoms with Crippen molar-refractivity contribution in [3.05, 3.63) is 5.32 Å². The first-order valence-electron chi connectivity index (χ1n) is 2.94. The third kappa shape index (κ3) is 10.0. The van der Waals surface area contributed by atoms with Crippen LogP contribution in [0, 0.1) is 0 Å². The summed E-state index contributed by atoms with van der Waals surface area (Å²) in [5.41, 5.74) is 0. The van der Waals surface area contributed by atoms with Gasteiger partial charge in [0.1, 0.15) is 0 Å². The molecule has 0 aliphatic heterocycles. The van der Waals surface area contributed by atoms with E-state index in [1.807, 2.05) is 0 Å². The smallest absolute Gasteiger partial charge is 0.660 e. The molecule has 0 spiro atoms. The maximum atomic E-state index is 4.24. The van der Waals surface area contributed by atoms with Gasteiger partial charge in [0.25, 0.3) is 0 Å². The van der Waals surface area contributed by atoms with Crippen molar-refractivity contribution in [3.63, 3.8) is 0 Å². The van der Waals surface area contributed by atoms with Gasteiger partial charge in [0.05, 0.1) is 0 Å². The Balaban J connectivity index is 0. The van der Waals surface area contributed by atoms with Crippen molar-refractivity contribution in [2.24, 2.45) is 0 Å². The fourth-order valence-corrected chi connectivity index (χ4v) is 0.387. The van der Waals surface area contributed by atoms with Gasteiger partial charge in [-0.05, 0) is 0 Å². The van der Waals surface area contributed by atoms with Crippen LogP contribution >= 0.6 is 0 Å². The predicted molar refractivity (Wildman–Crippen MR) is 33.7 cm³/mol. The Bertz CT molecular complexity index is 37.5. The van der Waals surface area contributed by atoms with E-state index in [4.69, 9.17) is 0 Å². The van der Waals surface area contributed by atoms with Crippen molar-refractivity contribution in [2.75, 3.05) is 6.54 Å². The predicted octanol–water partition coefficient (Wildman–Crippen LogP) is -0.817. The summed E-state index contributed by atoms with van der Waals surface area (Å²) in [6.07, 6.45) is 1.18. The summed E-state index contributed by atoms with van der Waals surface area (Å²) in [7, 11) is 0. The second-order valence-corrected chi connectivity index (χ2v) is 2.00. The van der Waals surface area contributed by atoms with Gasteiger partial charge in [-0.3, -0.25) is 0 Å². The molecule has 0 aromatic heterocycles. The Labute approximate surface area is 74.5 Å². The minimum absolute atomic E-state index is 0. The molecule has 0 amide bonds. The normalized spacial score (nSPS) is 9.00. The largest absolute Gasteiger partial charge is 1.00 e. The summed E-state index contributed by atoms with van der Waals surface area (Å²) in [6.45, 7) is 7.38. The molecule has 0 aromatic carbocycles. The van der Waals surface area contributed by atoms with Crippen LogP contribution in [0.15, 0.2) is 0 Å². The van der Waals surface area contributed by atoms with Gasteiger partial charge in [-0.25, -0.2) is 0 Å². The second-order valence-electron chi connectivity index (χ2n) is 2.00. The van der Waals surface area contributed by atoms with Crippen LogP contribution in [-0.2, 0) is 0 Å². The average molecular weight is 123 g/mol. The van der Waals surface area contributed by atoms with Crippen LogP contribution in [0.2, 0.25) is 0 Å². The van der Waals surface area contributed by atoms with E-state index in [2.05, 4.69) is 26.1 Å². The quantitative estimate of drug-likeness (QED) is 0.435. The van der Waals surface area contributed by atoms with E-state index >= 15 is 0 Å². The molecule has 0 rings (SSSR count). The van der Waals surface area contributed by atoms with Crippen LogP contribution < -0.4 is 29.6 Å². The van der Waals surface area contributed by atoms with Crippen LogP contribution in [0.1, 0.15) is 27.2 Å². The van der Waals surface area contributed by atoms with E-state index in [9.17, 15) is 0 Å². The molecule has 0 bridgehead atoms. The molecule has 0 N–H and O–H groups in total. The molecule has 0 aliphatic rings. The monoisotopic (exact) mass is 123 g/mol. The molecule has 0 heterocycles. The van der Waals surface area contributed by atoms with Crippen molar-refractivity contribution in [1.82, 2.24) is 0 Å². The maximum Gasteiger partial charge on any atom is 1.00 e. The van der Waals surface area contributed by atoms with Gasteiger partial charge < -0.3 is 5.32 Å². The van der Waals surface area contributed by atoms with Crippen LogP contribution in [0.3, 0.4) is 0 Å². The Kier molecular flexibility index (Phi) is 11.7. The first-order chi connectivity index (χ1) is 3.27. The van der Waals surface area contributed by atoms with E-state index in [0.29, 0.717) is 6.04 Å². The van der Waals surface area contributed by atoms with E-state index < -0.39 is 0 Å². The van der Waals surface area contributed by atoms with Crippen LogP contribution in [0.5, 0.6) is 0 Å². The van der Waals surface area contributed by atoms with Crippen molar-refractivity contribution in [2.45, 2.75) is 33.2 Å². The zero-order chi connectivity index (χ0) is 5.70. The van der Waals surface area contributed by atoms with E-state index in [-0.39, 0.29) is 29.6 Å². The molecule has 0 aliphatic carbocycles. The van der Waals surface area contributed by atoms with Gasteiger partial charge in [-0.15, -0.1) is 12.6 Å². The minimum atomic E-state index is 0. The Morgan fingerprint density at radius 3 is 2.00 bits per heavy atom. The Morgan fingerprint density at radius 1 is 1.38 bits per heavy atom. The summed E-state index contributed by atoms with van der Waals surface area (Å²) < 4.78 is 0. The third-order valence-electron chi connectivity index (χ3n) is 0.718. The fraction of sp³-hybridized carbons (Fsp3) is 1.00. The van der Waals surface area contributed by atoms with Crippen LogP contribution in [0.4, 0.5) is 0 Å².